The first-order chi connectivity index (χ1) is 9.51. The van der Waals surface area contributed by atoms with Crippen LogP contribution in [0, 0.1) is 0 Å². The molecule has 1 unspecified atom stereocenters. The third kappa shape index (κ3) is 3.98. The molecular weight excluding hydrogens is 340 g/mol. The molecule has 1 atom stereocenters. The van der Waals surface area contributed by atoms with Crippen molar-refractivity contribution < 1.29 is 9.84 Å². The lowest BCUT2D eigenvalue weighted by Gasteiger charge is -2.22. The number of halogens is 2. The van der Waals surface area contributed by atoms with Crippen molar-refractivity contribution in [2.75, 3.05) is 5.88 Å². The Labute approximate surface area is 132 Å². The number of rotatable bonds is 5. The van der Waals surface area contributed by atoms with Crippen molar-refractivity contribution in [3.8, 4) is 11.5 Å². The predicted octanol–water partition coefficient (Wildman–Crippen LogP) is 5.08. The molecule has 2 aromatic carbocycles. The van der Waals surface area contributed by atoms with Crippen molar-refractivity contribution in [1.29, 1.82) is 0 Å². The second-order valence-electron chi connectivity index (χ2n) is 4.80. The maximum atomic E-state index is 10.3. The highest BCUT2D eigenvalue weighted by atomic mass is 79.9. The zero-order valence-electron chi connectivity index (χ0n) is 11.1. The molecule has 0 amide bonds. The lowest BCUT2D eigenvalue weighted by Crippen LogP contribution is -2.21. The summed E-state index contributed by atoms with van der Waals surface area (Å²) in [4.78, 5) is 0. The first-order valence-corrected chi connectivity index (χ1v) is 7.66. The molecule has 1 N–H and O–H groups in total. The largest absolute Gasteiger partial charge is 0.457 e. The molecule has 4 heteroatoms. The minimum Gasteiger partial charge on any atom is -0.457 e. The van der Waals surface area contributed by atoms with Crippen LogP contribution in [0.3, 0.4) is 0 Å². The van der Waals surface area contributed by atoms with Gasteiger partial charge in [0.25, 0.3) is 0 Å². The maximum Gasteiger partial charge on any atom is 0.128 e. The number of ether oxygens (including phenoxy) is 1. The Balaban J connectivity index is 2.12. The Hall–Kier alpha value is -1.03. The van der Waals surface area contributed by atoms with E-state index >= 15 is 0 Å². The summed E-state index contributed by atoms with van der Waals surface area (Å²) >= 11 is 9.11. The van der Waals surface area contributed by atoms with E-state index in [1.807, 2.05) is 48.5 Å². The summed E-state index contributed by atoms with van der Waals surface area (Å²) in [5.41, 5.74) is -0.0736. The first kappa shape index (κ1) is 15.4. The molecule has 2 aromatic rings. The van der Waals surface area contributed by atoms with Crippen LogP contribution in [0.4, 0.5) is 0 Å². The van der Waals surface area contributed by atoms with Crippen LogP contribution in [-0.4, -0.2) is 11.0 Å². The summed E-state index contributed by atoms with van der Waals surface area (Å²) in [6.07, 6.45) is 0.514. The molecule has 0 heterocycles. The summed E-state index contributed by atoms with van der Waals surface area (Å²) in [6.45, 7) is 1.76. The Kier molecular flexibility index (Phi) is 5.08. The van der Waals surface area contributed by atoms with Gasteiger partial charge in [-0.15, -0.1) is 11.6 Å². The van der Waals surface area contributed by atoms with E-state index in [0.29, 0.717) is 12.3 Å². The lowest BCUT2D eigenvalue weighted by molar-refractivity contribution is 0.0540. The SMILES string of the molecule is CC(O)(CCCl)c1ccc(Oc2cccc(Br)c2)cc1. The third-order valence-electron chi connectivity index (χ3n) is 3.09. The summed E-state index contributed by atoms with van der Waals surface area (Å²) < 4.78 is 6.72. The van der Waals surface area contributed by atoms with Crippen molar-refractivity contribution in [1.82, 2.24) is 0 Å². The molecule has 0 spiro atoms. The Morgan fingerprint density at radius 1 is 1.15 bits per heavy atom. The minimum absolute atomic E-state index is 0.420. The van der Waals surface area contributed by atoms with Gasteiger partial charge in [0.15, 0.2) is 0 Å². The molecule has 106 valence electrons. The van der Waals surface area contributed by atoms with E-state index in [1.165, 1.54) is 0 Å². The second kappa shape index (κ2) is 6.61. The highest BCUT2D eigenvalue weighted by Crippen LogP contribution is 2.29. The van der Waals surface area contributed by atoms with Gasteiger partial charge in [-0.05, 0) is 49.2 Å². The van der Waals surface area contributed by atoms with Gasteiger partial charge in [0.05, 0.1) is 5.60 Å². The molecule has 0 fully saturated rings. The fourth-order valence-corrected chi connectivity index (χ4v) is 2.62. The average Bonchev–Trinajstić information content (AvgIpc) is 2.39. The normalized spacial score (nSPS) is 13.8. The van der Waals surface area contributed by atoms with Gasteiger partial charge in [-0.2, -0.15) is 0 Å². The van der Waals surface area contributed by atoms with Crippen molar-refractivity contribution >= 4 is 27.5 Å². The molecule has 0 aliphatic rings. The van der Waals surface area contributed by atoms with E-state index in [0.717, 1.165) is 21.5 Å². The van der Waals surface area contributed by atoms with Crippen LogP contribution in [0.5, 0.6) is 11.5 Å². The monoisotopic (exact) mass is 354 g/mol. The highest BCUT2D eigenvalue weighted by molar-refractivity contribution is 9.10. The van der Waals surface area contributed by atoms with Crippen LogP contribution < -0.4 is 4.74 Å². The number of benzene rings is 2. The average molecular weight is 356 g/mol. The molecule has 20 heavy (non-hydrogen) atoms. The van der Waals surface area contributed by atoms with E-state index in [2.05, 4.69) is 15.9 Å². The molecule has 0 aliphatic carbocycles. The van der Waals surface area contributed by atoms with Crippen LogP contribution in [0.2, 0.25) is 0 Å². The summed E-state index contributed by atoms with van der Waals surface area (Å²) in [7, 11) is 0. The third-order valence-corrected chi connectivity index (χ3v) is 3.77. The fraction of sp³-hybridized carbons (Fsp3) is 0.250. The number of hydrogen-bond acceptors (Lipinski definition) is 2. The van der Waals surface area contributed by atoms with E-state index in [-0.39, 0.29) is 0 Å². The summed E-state index contributed by atoms with van der Waals surface area (Å²) in [5, 5.41) is 10.3. The molecule has 0 bridgehead atoms. The minimum atomic E-state index is -0.907. The predicted molar refractivity (Wildman–Crippen MR) is 85.6 cm³/mol. The smallest absolute Gasteiger partial charge is 0.128 e. The van der Waals surface area contributed by atoms with Gasteiger partial charge in [-0.3, -0.25) is 0 Å². The molecule has 0 aliphatic heterocycles. The molecule has 0 radical (unpaired) electrons. The van der Waals surface area contributed by atoms with Gasteiger partial charge in [-0.25, -0.2) is 0 Å². The maximum absolute atomic E-state index is 10.3. The lowest BCUT2D eigenvalue weighted by atomic mass is 9.93. The van der Waals surface area contributed by atoms with Crippen LogP contribution >= 0.6 is 27.5 Å². The van der Waals surface area contributed by atoms with E-state index in [4.69, 9.17) is 16.3 Å². The molecule has 0 aromatic heterocycles. The van der Waals surface area contributed by atoms with Gasteiger partial charge >= 0.3 is 0 Å². The molecule has 2 nitrogen and oxygen atoms in total. The number of alkyl halides is 1. The van der Waals surface area contributed by atoms with Gasteiger partial charge in [0.1, 0.15) is 11.5 Å². The quantitative estimate of drug-likeness (QED) is 0.758. The van der Waals surface area contributed by atoms with Gasteiger partial charge in [-0.1, -0.05) is 34.1 Å². The van der Waals surface area contributed by atoms with Crippen molar-refractivity contribution in [3.63, 3.8) is 0 Å². The van der Waals surface area contributed by atoms with Crippen molar-refractivity contribution in [2.24, 2.45) is 0 Å². The standard InChI is InChI=1S/C16H16BrClO2/c1-16(19,9-10-18)12-5-7-14(8-6-12)20-15-4-2-3-13(17)11-15/h2-8,11,19H,9-10H2,1H3. The Morgan fingerprint density at radius 3 is 2.45 bits per heavy atom. The number of aliphatic hydroxyl groups is 1. The van der Waals surface area contributed by atoms with Crippen LogP contribution in [0.15, 0.2) is 53.0 Å². The van der Waals surface area contributed by atoms with E-state index in [9.17, 15) is 5.11 Å². The van der Waals surface area contributed by atoms with Crippen LogP contribution in [0.1, 0.15) is 18.9 Å². The van der Waals surface area contributed by atoms with Gasteiger partial charge in [0, 0.05) is 10.4 Å². The van der Waals surface area contributed by atoms with Crippen LogP contribution in [0.25, 0.3) is 0 Å². The first-order valence-electron chi connectivity index (χ1n) is 6.33. The highest BCUT2D eigenvalue weighted by Gasteiger charge is 2.21. The van der Waals surface area contributed by atoms with Crippen LogP contribution in [-0.2, 0) is 5.60 Å². The Morgan fingerprint density at radius 2 is 1.85 bits per heavy atom. The van der Waals surface area contributed by atoms with Crippen molar-refractivity contribution in [3.05, 3.63) is 58.6 Å². The summed E-state index contributed by atoms with van der Waals surface area (Å²) in [6, 6.07) is 15.1. The zero-order chi connectivity index (χ0) is 14.6. The van der Waals surface area contributed by atoms with Gasteiger partial charge in [0.2, 0.25) is 0 Å². The van der Waals surface area contributed by atoms with Gasteiger partial charge < -0.3 is 9.84 Å². The Bertz CT molecular complexity index is 567. The topological polar surface area (TPSA) is 29.5 Å². The molecular formula is C16H16BrClO2. The molecule has 0 saturated carbocycles. The zero-order valence-corrected chi connectivity index (χ0v) is 13.5. The summed E-state index contributed by atoms with van der Waals surface area (Å²) in [5.74, 6) is 1.91. The fourth-order valence-electron chi connectivity index (χ4n) is 1.88. The molecule has 0 saturated heterocycles. The van der Waals surface area contributed by atoms with Crippen molar-refractivity contribution in [2.45, 2.75) is 18.9 Å². The number of hydrogen-bond donors (Lipinski definition) is 1. The van der Waals surface area contributed by atoms with E-state index in [1.54, 1.807) is 6.92 Å². The van der Waals surface area contributed by atoms with E-state index < -0.39 is 5.60 Å². The molecule has 2 rings (SSSR count). The second-order valence-corrected chi connectivity index (χ2v) is 6.09.